The van der Waals surface area contributed by atoms with E-state index >= 15 is 0 Å². The van der Waals surface area contributed by atoms with Gasteiger partial charge in [-0.2, -0.15) is 13.2 Å². The van der Waals surface area contributed by atoms with Crippen LogP contribution in [0.4, 0.5) is 13.2 Å². The molecule has 1 heterocycles. The third-order valence-electron chi connectivity index (χ3n) is 2.52. The van der Waals surface area contributed by atoms with Gasteiger partial charge in [-0.3, -0.25) is 9.98 Å². The summed E-state index contributed by atoms with van der Waals surface area (Å²) < 4.78 is 39.3. The van der Waals surface area contributed by atoms with E-state index < -0.39 is 11.7 Å². The SMILES string of the molecule is CCc1cn(-c2cccc(C(F)(F)F)c2)c(=N)s1. The molecule has 0 radical (unpaired) electrons. The Bertz CT molecular complexity index is 610. The molecule has 0 atom stereocenters. The average molecular weight is 272 g/mol. The quantitative estimate of drug-likeness (QED) is 0.865. The summed E-state index contributed by atoms with van der Waals surface area (Å²) in [4.78, 5) is 1.20. The van der Waals surface area contributed by atoms with Crippen molar-refractivity contribution in [2.75, 3.05) is 0 Å². The predicted octanol–water partition coefficient (Wildman–Crippen LogP) is 3.60. The second kappa shape index (κ2) is 4.61. The van der Waals surface area contributed by atoms with Crippen molar-refractivity contribution < 1.29 is 13.2 Å². The van der Waals surface area contributed by atoms with Crippen LogP contribution in [0.15, 0.2) is 30.5 Å². The Balaban J connectivity index is 2.51. The first-order chi connectivity index (χ1) is 8.41. The average Bonchev–Trinajstić information content (AvgIpc) is 2.70. The van der Waals surface area contributed by atoms with E-state index in [-0.39, 0.29) is 4.80 Å². The highest BCUT2D eigenvalue weighted by molar-refractivity contribution is 7.09. The van der Waals surface area contributed by atoms with Crippen LogP contribution in [0.1, 0.15) is 17.4 Å². The summed E-state index contributed by atoms with van der Waals surface area (Å²) in [5.74, 6) is 0. The third-order valence-corrected chi connectivity index (χ3v) is 3.57. The zero-order chi connectivity index (χ0) is 13.3. The lowest BCUT2D eigenvalue weighted by Crippen LogP contribution is -2.11. The van der Waals surface area contributed by atoms with Gasteiger partial charge in [0.15, 0.2) is 4.80 Å². The maximum Gasteiger partial charge on any atom is 0.416 e. The summed E-state index contributed by atoms with van der Waals surface area (Å²) in [5, 5.41) is 7.76. The second-order valence-corrected chi connectivity index (χ2v) is 4.89. The van der Waals surface area contributed by atoms with Gasteiger partial charge in [0.05, 0.1) is 5.56 Å². The number of nitrogens with zero attached hydrogens (tertiary/aromatic N) is 1. The lowest BCUT2D eigenvalue weighted by molar-refractivity contribution is -0.137. The van der Waals surface area contributed by atoms with Gasteiger partial charge in [0.2, 0.25) is 0 Å². The van der Waals surface area contributed by atoms with Gasteiger partial charge in [0.1, 0.15) is 0 Å². The summed E-state index contributed by atoms with van der Waals surface area (Å²) in [7, 11) is 0. The van der Waals surface area contributed by atoms with E-state index in [2.05, 4.69) is 0 Å². The molecule has 0 saturated carbocycles. The smallest absolute Gasteiger partial charge is 0.293 e. The molecule has 0 fully saturated rings. The number of aryl methyl sites for hydroxylation is 1. The third kappa shape index (κ3) is 2.48. The molecule has 0 aliphatic carbocycles. The van der Waals surface area contributed by atoms with Gasteiger partial charge in [-0.15, -0.1) is 11.3 Å². The van der Waals surface area contributed by atoms with Crippen LogP contribution < -0.4 is 4.80 Å². The van der Waals surface area contributed by atoms with E-state index in [1.165, 1.54) is 22.0 Å². The van der Waals surface area contributed by atoms with Gasteiger partial charge in [-0.1, -0.05) is 13.0 Å². The number of benzene rings is 1. The summed E-state index contributed by atoms with van der Waals surface area (Å²) in [6.45, 7) is 1.95. The Morgan fingerprint density at radius 3 is 2.61 bits per heavy atom. The summed E-state index contributed by atoms with van der Waals surface area (Å²) >= 11 is 1.27. The highest BCUT2D eigenvalue weighted by atomic mass is 32.1. The first-order valence-electron chi connectivity index (χ1n) is 5.35. The molecular weight excluding hydrogens is 261 g/mol. The summed E-state index contributed by atoms with van der Waals surface area (Å²) in [5.41, 5.74) is -0.332. The normalized spacial score (nSPS) is 11.8. The number of aromatic nitrogens is 1. The monoisotopic (exact) mass is 272 g/mol. The van der Waals surface area contributed by atoms with Crippen LogP contribution in [0, 0.1) is 5.41 Å². The van der Waals surface area contributed by atoms with Crippen molar-refractivity contribution in [1.82, 2.24) is 4.57 Å². The van der Waals surface area contributed by atoms with Crippen molar-refractivity contribution in [3.63, 3.8) is 0 Å². The van der Waals surface area contributed by atoms with Crippen LogP contribution in [0.3, 0.4) is 0 Å². The molecule has 2 nitrogen and oxygen atoms in total. The van der Waals surface area contributed by atoms with Gasteiger partial charge >= 0.3 is 6.18 Å². The molecule has 0 saturated heterocycles. The molecule has 0 aliphatic rings. The van der Waals surface area contributed by atoms with E-state index in [4.69, 9.17) is 5.41 Å². The fourth-order valence-electron chi connectivity index (χ4n) is 1.59. The standard InChI is InChI=1S/C12H11F3N2S/c1-2-10-7-17(11(16)18-10)9-5-3-4-8(6-9)12(13,14)15/h3-7,16H,2H2,1H3. The minimum absolute atomic E-state index is 0.228. The second-order valence-electron chi connectivity index (χ2n) is 3.77. The Hall–Kier alpha value is -1.56. The summed E-state index contributed by atoms with van der Waals surface area (Å²) in [6, 6.07) is 5.01. The molecule has 0 aliphatic heterocycles. The molecular formula is C12H11F3N2S. The fraction of sp³-hybridized carbons (Fsp3) is 0.250. The first-order valence-corrected chi connectivity index (χ1v) is 6.17. The number of alkyl halides is 3. The summed E-state index contributed by atoms with van der Waals surface area (Å²) in [6.07, 6.45) is -1.88. The van der Waals surface area contributed by atoms with Crippen molar-refractivity contribution in [2.45, 2.75) is 19.5 Å². The minimum atomic E-state index is -4.36. The van der Waals surface area contributed by atoms with Crippen molar-refractivity contribution in [3.05, 3.63) is 45.7 Å². The Labute approximate surface area is 106 Å². The van der Waals surface area contributed by atoms with Gasteiger partial charge in [-0.05, 0) is 24.6 Å². The van der Waals surface area contributed by atoms with Crippen LogP contribution in [-0.4, -0.2) is 4.57 Å². The lowest BCUT2D eigenvalue weighted by atomic mass is 10.2. The Morgan fingerprint density at radius 1 is 1.33 bits per heavy atom. The molecule has 6 heteroatoms. The van der Waals surface area contributed by atoms with Crippen molar-refractivity contribution in [1.29, 1.82) is 5.41 Å². The highest BCUT2D eigenvalue weighted by Gasteiger charge is 2.30. The minimum Gasteiger partial charge on any atom is -0.293 e. The number of hydrogen-bond acceptors (Lipinski definition) is 2. The van der Waals surface area contributed by atoms with Gasteiger partial charge in [-0.25, -0.2) is 0 Å². The van der Waals surface area contributed by atoms with Crippen LogP contribution >= 0.6 is 11.3 Å². The van der Waals surface area contributed by atoms with Gasteiger partial charge in [0.25, 0.3) is 0 Å². The Kier molecular flexibility index (Phi) is 3.30. The van der Waals surface area contributed by atoms with E-state index in [1.54, 1.807) is 12.3 Å². The maximum absolute atomic E-state index is 12.6. The molecule has 0 unspecified atom stereocenters. The fourth-order valence-corrected chi connectivity index (χ4v) is 2.40. The zero-order valence-corrected chi connectivity index (χ0v) is 10.4. The van der Waals surface area contributed by atoms with E-state index in [0.717, 1.165) is 23.4 Å². The number of rotatable bonds is 2. The number of nitrogens with one attached hydrogen (secondary N) is 1. The molecule has 0 amide bonds. The van der Waals surface area contributed by atoms with Crippen molar-refractivity contribution in [3.8, 4) is 5.69 Å². The maximum atomic E-state index is 12.6. The topological polar surface area (TPSA) is 28.8 Å². The van der Waals surface area contributed by atoms with E-state index in [9.17, 15) is 13.2 Å². The van der Waals surface area contributed by atoms with Gasteiger partial charge < -0.3 is 0 Å². The zero-order valence-electron chi connectivity index (χ0n) is 9.58. The first kappa shape index (κ1) is 12.9. The molecule has 96 valence electrons. The molecule has 18 heavy (non-hydrogen) atoms. The molecule has 1 aromatic carbocycles. The molecule has 2 aromatic rings. The van der Waals surface area contributed by atoms with Crippen LogP contribution in [-0.2, 0) is 12.6 Å². The van der Waals surface area contributed by atoms with Crippen LogP contribution in [0.25, 0.3) is 5.69 Å². The van der Waals surface area contributed by atoms with E-state index in [0.29, 0.717) is 5.69 Å². The van der Waals surface area contributed by atoms with Crippen LogP contribution in [0.5, 0.6) is 0 Å². The largest absolute Gasteiger partial charge is 0.416 e. The number of halogens is 3. The number of thiazole rings is 1. The van der Waals surface area contributed by atoms with Crippen molar-refractivity contribution >= 4 is 11.3 Å². The Morgan fingerprint density at radius 2 is 2.06 bits per heavy atom. The lowest BCUT2D eigenvalue weighted by Gasteiger charge is -2.09. The van der Waals surface area contributed by atoms with Crippen LogP contribution in [0.2, 0.25) is 0 Å². The molecule has 2 rings (SSSR count). The molecule has 1 N–H and O–H groups in total. The molecule has 1 aromatic heterocycles. The van der Waals surface area contributed by atoms with Gasteiger partial charge in [0, 0.05) is 16.8 Å². The molecule has 0 spiro atoms. The predicted molar refractivity (Wildman–Crippen MR) is 63.9 cm³/mol. The highest BCUT2D eigenvalue weighted by Crippen LogP contribution is 2.30. The van der Waals surface area contributed by atoms with E-state index in [1.807, 2.05) is 6.92 Å². The number of hydrogen-bond donors (Lipinski definition) is 1. The molecule has 0 bridgehead atoms. The van der Waals surface area contributed by atoms with Crippen molar-refractivity contribution in [2.24, 2.45) is 0 Å².